The number of aryl methyl sites for hydroxylation is 1. The molecule has 2 aromatic rings. The third kappa shape index (κ3) is 2.76. The summed E-state index contributed by atoms with van der Waals surface area (Å²) in [5.74, 6) is -0.0365. The van der Waals surface area contributed by atoms with E-state index >= 15 is 0 Å². The first-order valence-electron chi connectivity index (χ1n) is 6.24. The smallest absolute Gasteiger partial charge is 0.172 e. The molecule has 0 saturated carbocycles. The van der Waals surface area contributed by atoms with Crippen LogP contribution in [0.25, 0.3) is 11.1 Å². The highest BCUT2D eigenvalue weighted by molar-refractivity contribution is 5.70. The Labute approximate surface area is 113 Å². The third-order valence-electron chi connectivity index (χ3n) is 3.16. The van der Waals surface area contributed by atoms with E-state index in [2.05, 4.69) is 5.32 Å². The van der Waals surface area contributed by atoms with Crippen LogP contribution in [0.3, 0.4) is 0 Å². The molecule has 0 bridgehead atoms. The second-order valence-electron chi connectivity index (χ2n) is 4.50. The average Bonchev–Trinajstić information content (AvgIpc) is 2.42. The maximum absolute atomic E-state index is 14.3. The Balaban J connectivity index is 2.54. The quantitative estimate of drug-likeness (QED) is 0.907. The van der Waals surface area contributed by atoms with E-state index in [1.807, 2.05) is 32.2 Å². The number of rotatable bonds is 4. The Kier molecular flexibility index (Phi) is 4.17. The van der Waals surface area contributed by atoms with Crippen LogP contribution >= 0.6 is 0 Å². The molecule has 2 aromatic carbocycles. The zero-order chi connectivity index (χ0) is 13.8. The number of hydrogen-bond acceptors (Lipinski definition) is 2. The minimum absolute atomic E-state index is 0.274. The lowest BCUT2D eigenvalue weighted by molar-refractivity contribution is 0.387. The first kappa shape index (κ1) is 13.6. The Bertz CT molecular complexity index is 581. The number of benzene rings is 2. The number of ether oxygens (including phenoxy) is 1. The summed E-state index contributed by atoms with van der Waals surface area (Å²) in [6, 6.07) is 11.3. The van der Waals surface area contributed by atoms with Crippen LogP contribution in [0.1, 0.15) is 11.1 Å². The molecule has 3 heteroatoms. The number of hydrogen-bond donors (Lipinski definition) is 1. The van der Waals surface area contributed by atoms with Gasteiger partial charge in [0.2, 0.25) is 0 Å². The van der Waals surface area contributed by atoms with Crippen molar-refractivity contribution < 1.29 is 9.13 Å². The zero-order valence-corrected chi connectivity index (χ0v) is 11.5. The van der Waals surface area contributed by atoms with E-state index in [9.17, 15) is 4.39 Å². The molecule has 0 aliphatic heterocycles. The van der Waals surface area contributed by atoms with Gasteiger partial charge < -0.3 is 10.1 Å². The SMILES string of the molecule is CNCc1ccc(C)c(-c2cccc(OC)c2F)c1. The third-order valence-corrected chi connectivity index (χ3v) is 3.16. The normalized spacial score (nSPS) is 10.5. The van der Waals surface area contributed by atoms with Gasteiger partial charge in [0, 0.05) is 12.1 Å². The molecular weight excluding hydrogens is 241 g/mol. The van der Waals surface area contributed by atoms with E-state index in [1.54, 1.807) is 18.2 Å². The van der Waals surface area contributed by atoms with Crippen molar-refractivity contribution in [1.29, 1.82) is 0 Å². The second kappa shape index (κ2) is 5.85. The molecule has 1 N–H and O–H groups in total. The average molecular weight is 259 g/mol. The summed E-state index contributed by atoms with van der Waals surface area (Å²) in [7, 11) is 3.37. The molecule has 0 aliphatic rings. The van der Waals surface area contributed by atoms with Crippen molar-refractivity contribution >= 4 is 0 Å². The van der Waals surface area contributed by atoms with Gasteiger partial charge >= 0.3 is 0 Å². The van der Waals surface area contributed by atoms with Gasteiger partial charge in [-0.1, -0.05) is 24.3 Å². The molecule has 0 heterocycles. The molecule has 0 saturated heterocycles. The molecule has 0 aliphatic carbocycles. The molecule has 0 radical (unpaired) electrons. The predicted octanol–water partition coefficient (Wildman–Crippen LogP) is 3.53. The van der Waals surface area contributed by atoms with E-state index in [-0.39, 0.29) is 11.6 Å². The van der Waals surface area contributed by atoms with E-state index in [4.69, 9.17) is 4.74 Å². The molecule has 0 unspecified atom stereocenters. The molecule has 100 valence electrons. The summed E-state index contributed by atoms with van der Waals surface area (Å²) in [6.45, 7) is 2.75. The van der Waals surface area contributed by atoms with E-state index in [0.29, 0.717) is 5.56 Å². The van der Waals surface area contributed by atoms with Crippen molar-refractivity contribution in [3.05, 3.63) is 53.3 Å². The largest absolute Gasteiger partial charge is 0.494 e. The van der Waals surface area contributed by atoms with Gasteiger partial charge in [0.05, 0.1) is 7.11 Å². The standard InChI is InChI=1S/C16H18FNO/c1-11-7-8-12(10-18-2)9-14(11)13-5-4-6-15(19-3)16(13)17/h4-9,18H,10H2,1-3H3. The van der Waals surface area contributed by atoms with Crippen LogP contribution in [-0.2, 0) is 6.54 Å². The number of methoxy groups -OCH3 is 1. The fourth-order valence-electron chi connectivity index (χ4n) is 2.15. The minimum Gasteiger partial charge on any atom is -0.494 e. The van der Waals surface area contributed by atoms with Crippen molar-refractivity contribution in [2.24, 2.45) is 0 Å². The van der Waals surface area contributed by atoms with Crippen LogP contribution < -0.4 is 10.1 Å². The first-order valence-corrected chi connectivity index (χ1v) is 6.24. The Morgan fingerprint density at radius 1 is 1.16 bits per heavy atom. The first-order chi connectivity index (χ1) is 9.17. The van der Waals surface area contributed by atoms with Crippen LogP contribution in [-0.4, -0.2) is 14.2 Å². The zero-order valence-electron chi connectivity index (χ0n) is 11.5. The van der Waals surface area contributed by atoms with Crippen molar-refractivity contribution in [3.8, 4) is 16.9 Å². The lowest BCUT2D eigenvalue weighted by atomic mass is 9.97. The lowest BCUT2D eigenvalue weighted by Crippen LogP contribution is -2.05. The fourth-order valence-corrected chi connectivity index (χ4v) is 2.15. The topological polar surface area (TPSA) is 21.3 Å². The van der Waals surface area contributed by atoms with Crippen molar-refractivity contribution in [2.45, 2.75) is 13.5 Å². The van der Waals surface area contributed by atoms with E-state index in [0.717, 1.165) is 23.2 Å². The van der Waals surface area contributed by atoms with Crippen LogP contribution in [0, 0.1) is 12.7 Å². The molecule has 0 amide bonds. The van der Waals surface area contributed by atoms with Gasteiger partial charge in [-0.15, -0.1) is 0 Å². The fraction of sp³-hybridized carbons (Fsp3) is 0.250. The molecule has 0 spiro atoms. The molecule has 2 nitrogen and oxygen atoms in total. The lowest BCUT2D eigenvalue weighted by Gasteiger charge is -2.12. The van der Waals surface area contributed by atoms with Crippen LogP contribution in [0.4, 0.5) is 4.39 Å². The Morgan fingerprint density at radius 3 is 2.63 bits per heavy atom. The minimum atomic E-state index is -0.310. The van der Waals surface area contributed by atoms with Crippen LogP contribution in [0.5, 0.6) is 5.75 Å². The summed E-state index contributed by atoms with van der Waals surface area (Å²) in [5.41, 5.74) is 3.66. The summed E-state index contributed by atoms with van der Waals surface area (Å²) in [6.07, 6.45) is 0. The Hall–Kier alpha value is -1.87. The van der Waals surface area contributed by atoms with Crippen molar-refractivity contribution in [1.82, 2.24) is 5.32 Å². The van der Waals surface area contributed by atoms with E-state index < -0.39 is 0 Å². The summed E-state index contributed by atoms with van der Waals surface area (Å²) in [5, 5.41) is 3.10. The van der Waals surface area contributed by atoms with Gasteiger partial charge in [0.25, 0.3) is 0 Å². The summed E-state index contributed by atoms with van der Waals surface area (Å²) in [4.78, 5) is 0. The van der Waals surface area contributed by atoms with Crippen molar-refractivity contribution in [3.63, 3.8) is 0 Å². The number of nitrogens with one attached hydrogen (secondary N) is 1. The van der Waals surface area contributed by atoms with Gasteiger partial charge in [-0.2, -0.15) is 0 Å². The molecule has 19 heavy (non-hydrogen) atoms. The highest BCUT2D eigenvalue weighted by Crippen LogP contribution is 2.31. The highest BCUT2D eigenvalue weighted by atomic mass is 19.1. The summed E-state index contributed by atoms with van der Waals surface area (Å²) < 4.78 is 19.4. The van der Waals surface area contributed by atoms with Crippen molar-refractivity contribution in [2.75, 3.05) is 14.2 Å². The summed E-state index contributed by atoms with van der Waals surface area (Å²) >= 11 is 0. The van der Waals surface area contributed by atoms with Crippen LogP contribution in [0.2, 0.25) is 0 Å². The number of halogens is 1. The van der Waals surface area contributed by atoms with Gasteiger partial charge in [-0.05, 0) is 42.8 Å². The molecular formula is C16H18FNO. The predicted molar refractivity (Wildman–Crippen MR) is 75.9 cm³/mol. The van der Waals surface area contributed by atoms with Gasteiger partial charge in [0.15, 0.2) is 11.6 Å². The van der Waals surface area contributed by atoms with Crippen LogP contribution in [0.15, 0.2) is 36.4 Å². The van der Waals surface area contributed by atoms with Gasteiger partial charge in [0.1, 0.15) is 0 Å². The molecule has 0 atom stereocenters. The molecule has 2 rings (SSSR count). The Morgan fingerprint density at radius 2 is 1.95 bits per heavy atom. The molecule has 0 fully saturated rings. The van der Waals surface area contributed by atoms with Gasteiger partial charge in [-0.25, -0.2) is 4.39 Å². The maximum atomic E-state index is 14.3. The monoisotopic (exact) mass is 259 g/mol. The highest BCUT2D eigenvalue weighted by Gasteiger charge is 2.12. The van der Waals surface area contributed by atoms with Gasteiger partial charge in [-0.3, -0.25) is 0 Å². The van der Waals surface area contributed by atoms with E-state index in [1.165, 1.54) is 7.11 Å². The molecule has 0 aromatic heterocycles. The maximum Gasteiger partial charge on any atom is 0.172 e. The second-order valence-corrected chi connectivity index (χ2v) is 4.50.